The van der Waals surface area contributed by atoms with Gasteiger partial charge in [0.25, 0.3) is 0 Å². The van der Waals surface area contributed by atoms with E-state index in [0.29, 0.717) is 35.6 Å². The molecule has 9 heteroatoms. The summed E-state index contributed by atoms with van der Waals surface area (Å²) in [4.78, 5) is 0. The fourth-order valence-corrected chi connectivity index (χ4v) is 2.61. The number of anilines is 1. The lowest BCUT2D eigenvalue weighted by Gasteiger charge is -2.15. The molecule has 0 saturated heterocycles. The van der Waals surface area contributed by atoms with Crippen LogP contribution in [0.3, 0.4) is 0 Å². The lowest BCUT2D eigenvalue weighted by Crippen LogP contribution is -2.07. The zero-order valence-corrected chi connectivity index (χ0v) is 15.7. The molecule has 142 valence electrons. The second kappa shape index (κ2) is 8.68. The number of hydrogen-bond acceptors (Lipinski definition) is 6. The molecule has 0 aliphatic rings. The van der Waals surface area contributed by atoms with E-state index >= 15 is 0 Å². The Bertz CT molecular complexity index is 901. The highest BCUT2D eigenvalue weighted by Crippen LogP contribution is 2.34. The molecule has 0 bridgehead atoms. The third kappa shape index (κ3) is 4.85. The van der Waals surface area contributed by atoms with Crippen molar-refractivity contribution in [3.8, 4) is 11.5 Å². The van der Waals surface area contributed by atoms with Gasteiger partial charge < -0.3 is 14.8 Å². The lowest BCUT2D eigenvalue weighted by atomic mass is 10.2. The Kier molecular flexibility index (Phi) is 6.08. The minimum Gasteiger partial charge on any atom is -0.490 e. The van der Waals surface area contributed by atoms with E-state index in [0.717, 1.165) is 11.1 Å². The van der Waals surface area contributed by atoms with Crippen molar-refractivity contribution in [2.24, 2.45) is 7.05 Å². The molecule has 0 saturated carbocycles. The quantitative estimate of drug-likeness (QED) is 0.632. The van der Waals surface area contributed by atoms with Crippen LogP contribution in [0, 0.1) is 5.82 Å². The molecule has 0 aliphatic carbocycles. The van der Waals surface area contributed by atoms with E-state index in [9.17, 15) is 4.39 Å². The fraction of sp³-hybridized carbons (Fsp3) is 0.278. The van der Waals surface area contributed by atoms with E-state index in [1.165, 1.54) is 16.8 Å². The van der Waals surface area contributed by atoms with E-state index in [4.69, 9.17) is 21.1 Å². The average Bonchev–Trinajstić information content (AvgIpc) is 3.07. The smallest absolute Gasteiger partial charge is 0.242 e. The van der Waals surface area contributed by atoms with E-state index in [1.807, 2.05) is 13.0 Å². The van der Waals surface area contributed by atoms with Crippen molar-refractivity contribution in [2.45, 2.75) is 20.1 Å². The van der Waals surface area contributed by atoms with Gasteiger partial charge in [-0.05, 0) is 46.7 Å². The van der Waals surface area contributed by atoms with Gasteiger partial charge in [-0.1, -0.05) is 28.8 Å². The summed E-state index contributed by atoms with van der Waals surface area (Å²) in [6, 6.07) is 9.66. The van der Waals surface area contributed by atoms with E-state index in [2.05, 4.69) is 20.8 Å². The number of hydrogen-bond donors (Lipinski definition) is 1. The molecule has 7 nitrogen and oxygen atoms in total. The normalized spacial score (nSPS) is 10.7. The van der Waals surface area contributed by atoms with Crippen LogP contribution in [0.15, 0.2) is 36.4 Å². The molecule has 1 aromatic heterocycles. The number of tetrazole rings is 1. The number of aryl methyl sites for hydroxylation is 1. The molecule has 1 N–H and O–H groups in total. The summed E-state index contributed by atoms with van der Waals surface area (Å²) in [5.74, 6) is 1.35. The average molecular weight is 392 g/mol. The second-order valence-corrected chi connectivity index (χ2v) is 6.13. The van der Waals surface area contributed by atoms with Crippen LogP contribution in [0.2, 0.25) is 5.02 Å². The standard InChI is InChI=1S/C18H19ClFN5O2/c1-3-26-16-8-13(10-21-18-22-23-24-25(18)2)15(19)9-17(16)27-11-12-4-6-14(20)7-5-12/h4-9H,3,10-11H2,1-2H3,(H,21,22,24). The van der Waals surface area contributed by atoms with Crippen LogP contribution in [-0.2, 0) is 20.2 Å². The summed E-state index contributed by atoms with van der Waals surface area (Å²) < 4.78 is 26.1. The Morgan fingerprint density at radius 3 is 2.56 bits per heavy atom. The summed E-state index contributed by atoms with van der Waals surface area (Å²) in [5, 5.41) is 14.8. The van der Waals surface area contributed by atoms with Crippen LogP contribution in [0.4, 0.5) is 10.3 Å². The number of ether oxygens (including phenoxy) is 2. The van der Waals surface area contributed by atoms with E-state index in [-0.39, 0.29) is 12.4 Å². The third-order valence-electron chi connectivity index (χ3n) is 3.78. The second-order valence-electron chi connectivity index (χ2n) is 5.72. The largest absolute Gasteiger partial charge is 0.490 e. The summed E-state index contributed by atoms with van der Waals surface area (Å²) in [7, 11) is 1.74. The fourth-order valence-electron chi connectivity index (χ4n) is 2.39. The Labute approximate surface area is 161 Å². The van der Waals surface area contributed by atoms with Gasteiger partial charge in [0.1, 0.15) is 12.4 Å². The summed E-state index contributed by atoms with van der Waals surface area (Å²) in [6.45, 7) is 3.07. The first-order chi connectivity index (χ1) is 13.1. The predicted octanol–water partition coefficient (Wildman–Crippen LogP) is 3.59. The first-order valence-electron chi connectivity index (χ1n) is 8.35. The number of halogens is 2. The zero-order chi connectivity index (χ0) is 19.2. The zero-order valence-electron chi connectivity index (χ0n) is 14.9. The molecule has 0 radical (unpaired) electrons. The van der Waals surface area contributed by atoms with Crippen LogP contribution in [-0.4, -0.2) is 26.8 Å². The number of nitrogens with one attached hydrogen (secondary N) is 1. The Balaban J connectivity index is 1.74. The highest BCUT2D eigenvalue weighted by Gasteiger charge is 2.12. The van der Waals surface area contributed by atoms with Crippen molar-refractivity contribution in [2.75, 3.05) is 11.9 Å². The Morgan fingerprint density at radius 1 is 1.15 bits per heavy atom. The first-order valence-corrected chi connectivity index (χ1v) is 8.73. The van der Waals surface area contributed by atoms with Crippen LogP contribution >= 0.6 is 11.6 Å². The summed E-state index contributed by atoms with van der Waals surface area (Å²) >= 11 is 6.40. The number of rotatable bonds is 8. The molecule has 0 aliphatic heterocycles. The van der Waals surface area contributed by atoms with Crippen molar-refractivity contribution in [1.82, 2.24) is 20.2 Å². The molecule has 0 fully saturated rings. The molecular weight excluding hydrogens is 373 g/mol. The predicted molar refractivity (Wildman–Crippen MR) is 99.5 cm³/mol. The topological polar surface area (TPSA) is 74.1 Å². The molecule has 2 aromatic carbocycles. The van der Waals surface area contributed by atoms with Gasteiger partial charge in [0.05, 0.1) is 6.61 Å². The molecule has 3 aromatic rings. The van der Waals surface area contributed by atoms with Crippen molar-refractivity contribution >= 4 is 17.5 Å². The van der Waals surface area contributed by atoms with Crippen LogP contribution < -0.4 is 14.8 Å². The van der Waals surface area contributed by atoms with Crippen LogP contribution in [0.5, 0.6) is 11.5 Å². The van der Waals surface area contributed by atoms with E-state index in [1.54, 1.807) is 25.2 Å². The molecule has 27 heavy (non-hydrogen) atoms. The first kappa shape index (κ1) is 18.9. The van der Waals surface area contributed by atoms with Gasteiger partial charge in [0.15, 0.2) is 11.5 Å². The number of nitrogens with zero attached hydrogens (tertiary/aromatic N) is 4. The van der Waals surface area contributed by atoms with Crippen molar-refractivity contribution in [3.05, 3.63) is 58.4 Å². The third-order valence-corrected chi connectivity index (χ3v) is 4.13. The van der Waals surface area contributed by atoms with Gasteiger partial charge in [-0.2, -0.15) is 0 Å². The minimum atomic E-state index is -0.285. The van der Waals surface area contributed by atoms with Crippen LogP contribution in [0.1, 0.15) is 18.1 Å². The molecule has 0 atom stereocenters. The maximum atomic E-state index is 13.0. The summed E-state index contributed by atoms with van der Waals surface area (Å²) in [5.41, 5.74) is 1.66. The molecule has 0 unspecified atom stereocenters. The van der Waals surface area contributed by atoms with Gasteiger partial charge in [0.2, 0.25) is 5.95 Å². The maximum absolute atomic E-state index is 13.0. The Hall–Kier alpha value is -2.87. The number of benzene rings is 2. The molecule has 0 amide bonds. The molecule has 0 spiro atoms. The molecule has 3 rings (SSSR count). The Morgan fingerprint density at radius 2 is 1.89 bits per heavy atom. The minimum absolute atomic E-state index is 0.277. The maximum Gasteiger partial charge on any atom is 0.242 e. The monoisotopic (exact) mass is 391 g/mol. The van der Waals surface area contributed by atoms with Gasteiger partial charge in [-0.3, -0.25) is 0 Å². The molecule has 1 heterocycles. The summed E-state index contributed by atoms with van der Waals surface area (Å²) in [6.07, 6.45) is 0. The van der Waals surface area contributed by atoms with Gasteiger partial charge >= 0.3 is 0 Å². The van der Waals surface area contributed by atoms with Crippen molar-refractivity contribution in [3.63, 3.8) is 0 Å². The lowest BCUT2D eigenvalue weighted by molar-refractivity contribution is 0.269. The van der Waals surface area contributed by atoms with Gasteiger partial charge in [-0.25, -0.2) is 9.07 Å². The highest BCUT2D eigenvalue weighted by atomic mass is 35.5. The SMILES string of the molecule is CCOc1cc(CNc2nnnn2C)c(Cl)cc1OCc1ccc(F)cc1. The van der Waals surface area contributed by atoms with E-state index < -0.39 is 0 Å². The van der Waals surface area contributed by atoms with Crippen molar-refractivity contribution in [1.29, 1.82) is 0 Å². The highest BCUT2D eigenvalue weighted by molar-refractivity contribution is 6.31. The van der Waals surface area contributed by atoms with Crippen molar-refractivity contribution < 1.29 is 13.9 Å². The molecular formula is C18H19ClFN5O2. The van der Waals surface area contributed by atoms with Crippen LogP contribution in [0.25, 0.3) is 0 Å². The van der Waals surface area contributed by atoms with Gasteiger partial charge in [-0.15, -0.1) is 0 Å². The van der Waals surface area contributed by atoms with Gasteiger partial charge in [0, 0.05) is 24.7 Å². The number of aromatic nitrogens is 4.